The van der Waals surface area contributed by atoms with Gasteiger partial charge >= 0.3 is 0 Å². The molecule has 0 bridgehead atoms. The number of nitrogens with two attached hydrogens (primary N) is 1. The second-order valence-electron chi connectivity index (χ2n) is 6.58. The highest BCUT2D eigenvalue weighted by Gasteiger charge is 2.30. The first-order valence-corrected chi connectivity index (χ1v) is 8.48. The molecule has 0 radical (unpaired) electrons. The summed E-state index contributed by atoms with van der Waals surface area (Å²) in [7, 11) is 0. The molecule has 1 atom stereocenters. The van der Waals surface area contributed by atoms with Crippen molar-refractivity contribution >= 4 is 11.8 Å². The summed E-state index contributed by atoms with van der Waals surface area (Å²) in [4.78, 5) is 25.8. The molecule has 1 unspecified atom stereocenters. The molecule has 1 aliphatic carbocycles. The van der Waals surface area contributed by atoms with E-state index in [0.717, 1.165) is 51.0 Å². The van der Waals surface area contributed by atoms with Crippen LogP contribution in [-0.4, -0.2) is 55.1 Å². The summed E-state index contributed by atoms with van der Waals surface area (Å²) in [5.41, 5.74) is 5.27. The predicted octanol–water partition coefficient (Wildman–Crippen LogP) is 0.648. The molecule has 1 saturated heterocycles. The average Bonchev–Trinajstić information content (AvgIpc) is 3.04. The molecule has 6 heteroatoms. The van der Waals surface area contributed by atoms with Crippen molar-refractivity contribution in [2.24, 2.45) is 11.7 Å². The van der Waals surface area contributed by atoms with E-state index in [9.17, 15) is 9.59 Å². The van der Waals surface area contributed by atoms with Crippen molar-refractivity contribution in [2.45, 2.75) is 57.6 Å². The SMILES string of the molecule is CC1CCC(N(CC2CCCO2)C(=O)CNC(=O)CN)CC1. The number of carbonyl (C=O) groups is 2. The molecule has 0 aromatic carbocycles. The number of hydrogen-bond donors (Lipinski definition) is 2. The summed E-state index contributed by atoms with van der Waals surface area (Å²) >= 11 is 0. The van der Waals surface area contributed by atoms with E-state index >= 15 is 0 Å². The fourth-order valence-corrected chi connectivity index (χ4v) is 3.36. The molecule has 0 aromatic rings. The van der Waals surface area contributed by atoms with Crippen LogP contribution in [0.3, 0.4) is 0 Å². The Morgan fingerprint density at radius 3 is 2.55 bits per heavy atom. The molecule has 6 nitrogen and oxygen atoms in total. The van der Waals surface area contributed by atoms with Crippen molar-refractivity contribution in [3.05, 3.63) is 0 Å². The maximum Gasteiger partial charge on any atom is 0.242 e. The Morgan fingerprint density at radius 2 is 1.95 bits per heavy atom. The van der Waals surface area contributed by atoms with Gasteiger partial charge in [0.1, 0.15) is 0 Å². The van der Waals surface area contributed by atoms with E-state index in [-0.39, 0.29) is 37.0 Å². The number of nitrogens with zero attached hydrogens (tertiary/aromatic N) is 1. The Bertz CT molecular complexity index is 375. The fourth-order valence-electron chi connectivity index (χ4n) is 3.36. The smallest absolute Gasteiger partial charge is 0.242 e. The molecule has 2 rings (SSSR count). The number of amides is 2. The van der Waals surface area contributed by atoms with Crippen molar-refractivity contribution in [1.29, 1.82) is 0 Å². The molecule has 2 amide bonds. The maximum atomic E-state index is 12.5. The number of carbonyl (C=O) groups excluding carboxylic acids is 2. The Balaban J connectivity index is 1.93. The van der Waals surface area contributed by atoms with Gasteiger partial charge in [-0.1, -0.05) is 6.92 Å². The zero-order valence-electron chi connectivity index (χ0n) is 13.6. The third kappa shape index (κ3) is 4.95. The standard InChI is InChI=1S/C16H29N3O3/c1-12-4-6-13(7-5-12)19(11-14-3-2-8-22-14)16(21)10-18-15(20)9-17/h12-14H,2-11,17H2,1H3,(H,18,20). The van der Waals surface area contributed by atoms with Gasteiger partial charge in [-0.15, -0.1) is 0 Å². The number of ether oxygens (including phenoxy) is 1. The molecule has 0 aromatic heterocycles. The van der Waals surface area contributed by atoms with Gasteiger partial charge in [0.2, 0.25) is 11.8 Å². The Kier molecular flexibility index (Phi) is 6.64. The van der Waals surface area contributed by atoms with Crippen molar-refractivity contribution in [3.63, 3.8) is 0 Å². The molecule has 1 aliphatic heterocycles. The van der Waals surface area contributed by atoms with E-state index in [0.29, 0.717) is 6.54 Å². The molecule has 2 aliphatic rings. The van der Waals surface area contributed by atoms with Gasteiger partial charge in [0.15, 0.2) is 0 Å². The molecular weight excluding hydrogens is 282 g/mol. The molecule has 22 heavy (non-hydrogen) atoms. The molecule has 1 saturated carbocycles. The molecule has 2 fully saturated rings. The monoisotopic (exact) mass is 311 g/mol. The van der Waals surface area contributed by atoms with Crippen molar-refractivity contribution in [2.75, 3.05) is 26.2 Å². The Labute approximate surface area is 132 Å². The molecule has 3 N–H and O–H groups in total. The van der Waals surface area contributed by atoms with Gasteiger partial charge in [-0.05, 0) is 44.4 Å². The van der Waals surface area contributed by atoms with Crippen LogP contribution in [0.25, 0.3) is 0 Å². The first-order valence-electron chi connectivity index (χ1n) is 8.48. The maximum absolute atomic E-state index is 12.5. The van der Waals surface area contributed by atoms with Crippen LogP contribution in [-0.2, 0) is 14.3 Å². The molecular formula is C16H29N3O3. The van der Waals surface area contributed by atoms with E-state index in [2.05, 4.69) is 12.2 Å². The van der Waals surface area contributed by atoms with E-state index in [4.69, 9.17) is 10.5 Å². The topological polar surface area (TPSA) is 84.7 Å². The third-order valence-corrected chi connectivity index (χ3v) is 4.79. The van der Waals surface area contributed by atoms with Crippen LogP contribution < -0.4 is 11.1 Å². The second-order valence-corrected chi connectivity index (χ2v) is 6.58. The Morgan fingerprint density at radius 1 is 1.23 bits per heavy atom. The summed E-state index contributed by atoms with van der Waals surface area (Å²) in [6.45, 7) is 3.66. The summed E-state index contributed by atoms with van der Waals surface area (Å²) in [6, 6.07) is 0.280. The summed E-state index contributed by atoms with van der Waals surface area (Å²) in [5.74, 6) is 0.437. The van der Waals surface area contributed by atoms with Crippen LogP contribution in [0.15, 0.2) is 0 Å². The van der Waals surface area contributed by atoms with Crippen LogP contribution in [0.5, 0.6) is 0 Å². The quantitative estimate of drug-likeness (QED) is 0.754. The van der Waals surface area contributed by atoms with Crippen molar-refractivity contribution in [3.8, 4) is 0 Å². The van der Waals surface area contributed by atoms with E-state index in [1.54, 1.807) is 0 Å². The minimum Gasteiger partial charge on any atom is -0.376 e. The number of nitrogens with one attached hydrogen (secondary N) is 1. The lowest BCUT2D eigenvalue weighted by Gasteiger charge is -2.37. The van der Waals surface area contributed by atoms with Gasteiger partial charge in [-0.3, -0.25) is 9.59 Å². The van der Waals surface area contributed by atoms with Gasteiger partial charge in [0.05, 0.1) is 19.2 Å². The van der Waals surface area contributed by atoms with Crippen molar-refractivity contribution < 1.29 is 14.3 Å². The van der Waals surface area contributed by atoms with Crippen LogP contribution in [0.1, 0.15) is 45.4 Å². The predicted molar refractivity (Wildman–Crippen MR) is 84.2 cm³/mol. The zero-order valence-corrected chi connectivity index (χ0v) is 13.6. The molecule has 1 heterocycles. The first-order chi connectivity index (χ1) is 10.6. The summed E-state index contributed by atoms with van der Waals surface area (Å²) < 4.78 is 5.69. The number of rotatable bonds is 6. The Hall–Kier alpha value is -1.14. The second kappa shape index (κ2) is 8.48. The van der Waals surface area contributed by atoms with Crippen LogP contribution in [0.4, 0.5) is 0 Å². The first kappa shape index (κ1) is 17.2. The third-order valence-electron chi connectivity index (χ3n) is 4.79. The molecule has 126 valence electrons. The zero-order chi connectivity index (χ0) is 15.9. The lowest BCUT2D eigenvalue weighted by molar-refractivity contribution is -0.137. The minimum absolute atomic E-state index is 0.0168. The summed E-state index contributed by atoms with van der Waals surface area (Å²) in [6.07, 6.45) is 6.65. The highest BCUT2D eigenvalue weighted by molar-refractivity contribution is 5.85. The van der Waals surface area contributed by atoms with E-state index < -0.39 is 0 Å². The van der Waals surface area contributed by atoms with Gasteiger partial charge in [-0.25, -0.2) is 0 Å². The number of hydrogen-bond acceptors (Lipinski definition) is 4. The largest absolute Gasteiger partial charge is 0.376 e. The van der Waals surface area contributed by atoms with Crippen LogP contribution >= 0.6 is 0 Å². The normalized spacial score (nSPS) is 28.4. The highest BCUT2D eigenvalue weighted by atomic mass is 16.5. The molecule has 0 spiro atoms. The van der Waals surface area contributed by atoms with Gasteiger partial charge < -0.3 is 20.7 Å². The van der Waals surface area contributed by atoms with E-state index in [1.165, 1.54) is 0 Å². The van der Waals surface area contributed by atoms with Crippen molar-refractivity contribution in [1.82, 2.24) is 10.2 Å². The van der Waals surface area contributed by atoms with Crippen LogP contribution in [0.2, 0.25) is 0 Å². The minimum atomic E-state index is -0.289. The summed E-state index contributed by atoms with van der Waals surface area (Å²) in [5, 5.41) is 2.59. The highest BCUT2D eigenvalue weighted by Crippen LogP contribution is 2.28. The van der Waals surface area contributed by atoms with Crippen LogP contribution in [0, 0.1) is 5.92 Å². The average molecular weight is 311 g/mol. The fraction of sp³-hybridized carbons (Fsp3) is 0.875. The van der Waals surface area contributed by atoms with Gasteiger partial charge in [-0.2, -0.15) is 0 Å². The lowest BCUT2D eigenvalue weighted by Crippen LogP contribution is -2.50. The lowest BCUT2D eigenvalue weighted by atomic mass is 9.86. The van der Waals surface area contributed by atoms with Gasteiger partial charge in [0.25, 0.3) is 0 Å². The van der Waals surface area contributed by atoms with Gasteiger partial charge in [0, 0.05) is 19.2 Å². The van der Waals surface area contributed by atoms with E-state index in [1.807, 2.05) is 4.90 Å².